The number of nitrogens with zero attached hydrogens (tertiary/aromatic N) is 1. The fourth-order valence-corrected chi connectivity index (χ4v) is 2.80. The zero-order valence-electron chi connectivity index (χ0n) is 11.9. The van der Waals surface area contributed by atoms with Crippen molar-refractivity contribution in [1.29, 1.82) is 0 Å². The maximum Gasteiger partial charge on any atom is 0.0746 e. The van der Waals surface area contributed by atoms with Gasteiger partial charge in [-0.3, -0.25) is 4.98 Å². The van der Waals surface area contributed by atoms with Gasteiger partial charge in [-0.15, -0.1) is 0 Å². The number of nitrogens with one attached hydrogen (secondary N) is 1. The number of para-hydroxylation sites is 1. The minimum atomic E-state index is 0.320. The maximum absolute atomic E-state index is 4.50. The molecule has 2 nitrogen and oxygen atoms in total. The van der Waals surface area contributed by atoms with Crippen LogP contribution in [0, 0.1) is 3.57 Å². The van der Waals surface area contributed by atoms with E-state index >= 15 is 0 Å². The maximum atomic E-state index is 4.50. The first-order valence-corrected chi connectivity index (χ1v) is 8.13. The second-order valence-electron chi connectivity index (χ2n) is 5.15. The molecule has 1 aromatic heterocycles. The molecule has 21 heavy (non-hydrogen) atoms. The second-order valence-corrected chi connectivity index (χ2v) is 6.39. The van der Waals surface area contributed by atoms with Crippen molar-refractivity contribution >= 4 is 33.5 Å². The van der Waals surface area contributed by atoms with Crippen molar-refractivity contribution in [3.05, 3.63) is 75.5 Å². The molecule has 3 heteroatoms. The van der Waals surface area contributed by atoms with E-state index in [0.717, 1.165) is 12.1 Å². The van der Waals surface area contributed by atoms with Crippen molar-refractivity contribution in [2.24, 2.45) is 0 Å². The van der Waals surface area contributed by atoms with Gasteiger partial charge in [0.1, 0.15) is 0 Å². The first kappa shape index (κ1) is 14.5. The molecule has 3 rings (SSSR count). The lowest BCUT2D eigenvalue weighted by molar-refractivity contribution is 0.576. The molecule has 0 saturated heterocycles. The van der Waals surface area contributed by atoms with Crippen molar-refractivity contribution in [2.75, 3.05) is 0 Å². The van der Waals surface area contributed by atoms with E-state index in [2.05, 4.69) is 88.3 Å². The normalized spacial score (nSPS) is 12.5. The summed E-state index contributed by atoms with van der Waals surface area (Å²) in [4.78, 5) is 4.50. The lowest BCUT2D eigenvalue weighted by atomic mass is 10.1. The van der Waals surface area contributed by atoms with Crippen LogP contribution in [-0.4, -0.2) is 4.98 Å². The summed E-state index contributed by atoms with van der Waals surface area (Å²) in [7, 11) is 0. The highest BCUT2D eigenvalue weighted by molar-refractivity contribution is 14.1. The molecule has 1 unspecified atom stereocenters. The summed E-state index contributed by atoms with van der Waals surface area (Å²) in [5, 5.41) is 4.78. The van der Waals surface area contributed by atoms with Crippen LogP contribution in [0.25, 0.3) is 10.9 Å². The zero-order chi connectivity index (χ0) is 14.7. The Morgan fingerprint density at radius 3 is 2.62 bits per heavy atom. The molecule has 0 aliphatic rings. The van der Waals surface area contributed by atoms with Gasteiger partial charge in [-0.05, 0) is 58.8 Å². The average molecular weight is 388 g/mol. The van der Waals surface area contributed by atoms with E-state index in [9.17, 15) is 0 Å². The Hall–Kier alpha value is -1.46. The van der Waals surface area contributed by atoms with Gasteiger partial charge in [0.15, 0.2) is 0 Å². The Bertz CT molecular complexity index is 732. The van der Waals surface area contributed by atoms with Gasteiger partial charge in [0.2, 0.25) is 0 Å². The number of pyridine rings is 1. The van der Waals surface area contributed by atoms with E-state index in [1.165, 1.54) is 20.1 Å². The highest BCUT2D eigenvalue weighted by atomic mass is 127. The SMILES string of the molecule is CC(NCc1cccc2cccnc12)c1ccc(I)cc1. The third-order valence-electron chi connectivity index (χ3n) is 3.68. The number of halogens is 1. The third-order valence-corrected chi connectivity index (χ3v) is 4.40. The van der Waals surface area contributed by atoms with Gasteiger partial charge in [0.05, 0.1) is 5.52 Å². The van der Waals surface area contributed by atoms with Crippen molar-refractivity contribution in [3.8, 4) is 0 Å². The summed E-state index contributed by atoms with van der Waals surface area (Å²) >= 11 is 2.33. The van der Waals surface area contributed by atoms with Gasteiger partial charge in [0, 0.05) is 27.7 Å². The van der Waals surface area contributed by atoms with Crippen LogP contribution in [0.15, 0.2) is 60.8 Å². The molecule has 1 atom stereocenters. The summed E-state index contributed by atoms with van der Waals surface area (Å²) in [5.74, 6) is 0. The first-order valence-electron chi connectivity index (χ1n) is 7.05. The monoisotopic (exact) mass is 388 g/mol. The summed E-state index contributed by atoms with van der Waals surface area (Å²) in [5.41, 5.74) is 3.64. The molecule has 0 aliphatic heterocycles. The van der Waals surface area contributed by atoms with Crippen molar-refractivity contribution in [2.45, 2.75) is 19.5 Å². The number of fused-ring (bicyclic) bond motifs is 1. The van der Waals surface area contributed by atoms with Gasteiger partial charge in [-0.1, -0.05) is 36.4 Å². The lowest BCUT2D eigenvalue weighted by Crippen LogP contribution is -2.18. The number of hydrogen-bond donors (Lipinski definition) is 1. The minimum absolute atomic E-state index is 0.320. The Balaban J connectivity index is 1.76. The molecule has 2 aromatic carbocycles. The molecule has 1 heterocycles. The number of aromatic nitrogens is 1. The van der Waals surface area contributed by atoms with E-state index < -0.39 is 0 Å². The van der Waals surface area contributed by atoms with Gasteiger partial charge in [-0.25, -0.2) is 0 Å². The number of benzene rings is 2. The van der Waals surface area contributed by atoms with Crippen LogP contribution in [0.3, 0.4) is 0 Å². The van der Waals surface area contributed by atoms with Gasteiger partial charge < -0.3 is 5.32 Å². The first-order chi connectivity index (χ1) is 10.2. The molecule has 0 amide bonds. The van der Waals surface area contributed by atoms with Crippen LogP contribution in [0.4, 0.5) is 0 Å². The zero-order valence-corrected chi connectivity index (χ0v) is 14.0. The van der Waals surface area contributed by atoms with Crippen LogP contribution in [0.2, 0.25) is 0 Å². The second kappa shape index (κ2) is 6.54. The van der Waals surface area contributed by atoms with E-state index in [1.54, 1.807) is 0 Å². The standard InChI is InChI=1S/C18H17IN2/c1-13(14-7-9-17(19)10-8-14)21-12-16-5-2-4-15-6-3-11-20-18(15)16/h2-11,13,21H,12H2,1H3. The predicted octanol–water partition coefficient (Wildman–Crippen LogP) is 4.69. The van der Waals surface area contributed by atoms with E-state index in [1.807, 2.05) is 12.3 Å². The molecule has 3 aromatic rings. The van der Waals surface area contributed by atoms with Crippen molar-refractivity contribution < 1.29 is 0 Å². The molecule has 106 valence electrons. The van der Waals surface area contributed by atoms with Crippen molar-refractivity contribution in [1.82, 2.24) is 10.3 Å². The molecule has 0 fully saturated rings. The van der Waals surface area contributed by atoms with Crippen molar-refractivity contribution in [3.63, 3.8) is 0 Å². The fraction of sp³-hybridized carbons (Fsp3) is 0.167. The predicted molar refractivity (Wildman–Crippen MR) is 96.2 cm³/mol. The molecule has 0 spiro atoms. The molecule has 0 radical (unpaired) electrons. The Labute approximate surface area is 138 Å². The van der Waals surface area contributed by atoms with Crippen LogP contribution in [0.1, 0.15) is 24.1 Å². The average Bonchev–Trinajstić information content (AvgIpc) is 2.53. The van der Waals surface area contributed by atoms with Crippen LogP contribution in [0.5, 0.6) is 0 Å². The Morgan fingerprint density at radius 2 is 1.81 bits per heavy atom. The number of rotatable bonds is 4. The molecule has 0 bridgehead atoms. The Morgan fingerprint density at radius 1 is 1.05 bits per heavy atom. The van der Waals surface area contributed by atoms with E-state index in [4.69, 9.17) is 0 Å². The molecule has 0 saturated carbocycles. The fourth-order valence-electron chi connectivity index (χ4n) is 2.44. The number of hydrogen-bond acceptors (Lipinski definition) is 2. The van der Waals surface area contributed by atoms with Gasteiger partial charge >= 0.3 is 0 Å². The summed E-state index contributed by atoms with van der Waals surface area (Å²) in [6.45, 7) is 3.02. The lowest BCUT2D eigenvalue weighted by Gasteiger charge is -2.15. The topological polar surface area (TPSA) is 24.9 Å². The quantitative estimate of drug-likeness (QED) is 0.656. The van der Waals surface area contributed by atoms with Gasteiger partial charge in [0.25, 0.3) is 0 Å². The van der Waals surface area contributed by atoms with Gasteiger partial charge in [-0.2, -0.15) is 0 Å². The molecular weight excluding hydrogens is 371 g/mol. The summed E-state index contributed by atoms with van der Waals surface area (Å²) < 4.78 is 1.27. The molecular formula is C18H17IN2. The summed E-state index contributed by atoms with van der Waals surface area (Å²) in [6.07, 6.45) is 1.86. The van der Waals surface area contributed by atoms with Crippen LogP contribution in [-0.2, 0) is 6.54 Å². The van der Waals surface area contributed by atoms with Crippen LogP contribution >= 0.6 is 22.6 Å². The highest BCUT2D eigenvalue weighted by Crippen LogP contribution is 2.18. The molecule has 1 N–H and O–H groups in total. The van der Waals surface area contributed by atoms with E-state index in [-0.39, 0.29) is 0 Å². The largest absolute Gasteiger partial charge is 0.306 e. The molecule has 0 aliphatic carbocycles. The highest BCUT2D eigenvalue weighted by Gasteiger charge is 2.06. The van der Waals surface area contributed by atoms with E-state index in [0.29, 0.717) is 6.04 Å². The van der Waals surface area contributed by atoms with Crippen LogP contribution < -0.4 is 5.32 Å². The minimum Gasteiger partial charge on any atom is -0.306 e. The smallest absolute Gasteiger partial charge is 0.0746 e. The Kier molecular flexibility index (Phi) is 4.51. The summed E-state index contributed by atoms with van der Waals surface area (Å²) in [6, 6.07) is 19.4. The third kappa shape index (κ3) is 3.41.